The Kier molecular flexibility index (Phi) is 3.89. The van der Waals surface area contributed by atoms with E-state index >= 15 is 0 Å². The Balaban J connectivity index is 2.10. The quantitative estimate of drug-likeness (QED) is 0.856. The van der Waals surface area contributed by atoms with Crippen LogP contribution in [0.3, 0.4) is 0 Å². The number of nitrogens with zero attached hydrogens (tertiary/aromatic N) is 1. The van der Waals surface area contributed by atoms with Crippen molar-refractivity contribution in [1.82, 2.24) is 4.98 Å². The maximum absolute atomic E-state index is 5.68. The van der Waals surface area contributed by atoms with Gasteiger partial charge in [0.25, 0.3) is 0 Å². The third kappa shape index (κ3) is 3.05. The third-order valence-electron chi connectivity index (χ3n) is 2.54. The van der Waals surface area contributed by atoms with Crippen LogP contribution >= 0.6 is 12.2 Å². The molecule has 1 heterocycles. The summed E-state index contributed by atoms with van der Waals surface area (Å²) in [7, 11) is 0. The summed E-state index contributed by atoms with van der Waals surface area (Å²) in [6.07, 6.45) is 1.67. The van der Waals surface area contributed by atoms with Crippen LogP contribution in [0.5, 0.6) is 5.75 Å². The van der Waals surface area contributed by atoms with Crippen molar-refractivity contribution < 1.29 is 4.74 Å². The smallest absolute Gasteiger partial charge is 0.123 e. The molecule has 92 valence electrons. The second-order valence-electron chi connectivity index (χ2n) is 3.98. The minimum atomic E-state index is 0.290. The fraction of sp³-hybridized carbons (Fsp3) is 0.143. The average molecular weight is 258 g/mol. The second kappa shape index (κ2) is 5.60. The lowest BCUT2D eigenvalue weighted by molar-refractivity contribution is 0.305. The van der Waals surface area contributed by atoms with Crippen LogP contribution in [0.4, 0.5) is 0 Å². The number of hydrogen-bond acceptors (Lipinski definition) is 3. The Morgan fingerprint density at radius 2 is 2.00 bits per heavy atom. The summed E-state index contributed by atoms with van der Waals surface area (Å²) in [5.41, 5.74) is 8.34. The normalized spacial score (nSPS) is 10.1. The number of hydrogen-bond donors (Lipinski definition) is 1. The van der Waals surface area contributed by atoms with Crippen LogP contribution in [0.15, 0.2) is 42.6 Å². The maximum Gasteiger partial charge on any atom is 0.123 e. The van der Waals surface area contributed by atoms with E-state index in [0.29, 0.717) is 12.3 Å². The van der Waals surface area contributed by atoms with Gasteiger partial charge in [0.05, 0.1) is 0 Å². The molecule has 1 aromatic heterocycles. The predicted octanol–water partition coefficient (Wildman–Crippen LogP) is 2.60. The summed E-state index contributed by atoms with van der Waals surface area (Å²) in [6.45, 7) is 2.44. The molecule has 0 fully saturated rings. The second-order valence-corrected chi connectivity index (χ2v) is 4.42. The van der Waals surface area contributed by atoms with Crippen molar-refractivity contribution in [2.45, 2.75) is 13.5 Å². The van der Waals surface area contributed by atoms with Gasteiger partial charge in [-0.15, -0.1) is 0 Å². The summed E-state index contributed by atoms with van der Waals surface area (Å²) in [4.78, 5) is 4.45. The zero-order valence-corrected chi connectivity index (χ0v) is 10.9. The van der Waals surface area contributed by atoms with Gasteiger partial charge in [0.1, 0.15) is 23.0 Å². The number of pyridine rings is 1. The van der Waals surface area contributed by atoms with E-state index in [-0.39, 0.29) is 4.99 Å². The van der Waals surface area contributed by atoms with E-state index in [0.717, 1.165) is 11.3 Å². The first-order valence-electron chi connectivity index (χ1n) is 5.60. The van der Waals surface area contributed by atoms with Crippen molar-refractivity contribution in [2.24, 2.45) is 5.73 Å². The molecule has 18 heavy (non-hydrogen) atoms. The third-order valence-corrected chi connectivity index (χ3v) is 2.73. The molecular weight excluding hydrogens is 244 g/mol. The largest absolute Gasteiger partial charge is 0.489 e. The molecule has 0 radical (unpaired) electrons. The Labute approximate surface area is 112 Å². The Morgan fingerprint density at radius 3 is 2.67 bits per heavy atom. The molecule has 4 heteroatoms. The highest BCUT2D eigenvalue weighted by Gasteiger charge is 2.06. The summed E-state index contributed by atoms with van der Waals surface area (Å²) in [5.74, 6) is 0.818. The number of benzene rings is 1. The van der Waals surface area contributed by atoms with Gasteiger partial charge in [0.15, 0.2) is 0 Å². The van der Waals surface area contributed by atoms with Crippen molar-refractivity contribution in [3.8, 4) is 5.75 Å². The van der Waals surface area contributed by atoms with Gasteiger partial charge in [0.2, 0.25) is 0 Å². The number of nitrogens with two attached hydrogens (primary N) is 1. The van der Waals surface area contributed by atoms with Crippen LogP contribution in [0.1, 0.15) is 16.8 Å². The molecule has 3 nitrogen and oxygen atoms in total. The standard InChI is InChI=1S/C14H14N2OS/c1-10-4-6-12(7-5-10)17-9-11-3-2-8-16-13(11)14(15)18/h2-8H,9H2,1H3,(H2,15,18). The fourth-order valence-corrected chi connectivity index (χ4v) is 1.76. The zero-order chi connectivity index (χ0) is 13.0. The van der Waals surface area contributed by atoms with E-state index in [2.05, 4.69) is 4.98 Å². The lowest BCUT2D eigenvalue weighted by Gasteiger charge is -2.09. The zero-order valence-electron chi connectivity index (χ0n) is 10.1. The van der Waals surface area contributed by atoms with Crippen molar-refractivity contribution >= 4 is 17.2 Å². The number of rotatable bonds is 4. The van der Waals surface area contributed by atoms with Gasteiger partial charge in [-0.1, -0.05) is 36.0 Å². The lowest BCUT2D eigenvalue weighted by atomic mass is 10.2. The van der Waals surface area contributed by atoms with Crippen molar-refractivity contribution in [3.63, 3.8) is 0 Å². The molecule has 0 atom stereocenters. The molecule has 0 saturated carbocycles. The van der Waals surface area contributed by atoms with E-state index < -0.39 is 0 Å². The predicted molar refractivity (Wildman–Crippen MR) is 75.6 cm³/mol. The summed E-state index contributed by atoms with van der Waals surface area (Å²) >= 11 is 4.96. The molecule has 0 aliphatic carbocycles. The van der Waals surface area contributed by atoms with Crippen LogP contribution < -0.4 is 10.5 Å². The van der Waals surface area contributed by atoms with E-state index in [1.807, 2.05) is 43.3 Å². The van der Waals surface area contributed by atoms with Crippen LogP contribution in [-0.2, 0) is 6.61 Å². The first-order chi connectivity index (χ1) is 8.66. The number of ether oxygens (including phenoxy) is 1. The first kappa shape index (κ1) is 12.5. The van der Waals surface area contributed by atoms with E-state index in [9.17, 15) is 0 Å². The summed E-state index contributed by atoms with van der Waals surface area (Å²) in [5, 5.41) is 0. The monoisotopic (exact) mass is 258 g/mol. The number of aryl methyl sites for hydroxylation is 1. The highest BCUT2D eigenvalue weighted by molar-refractivity contribution is 7.80. The molecule has 0 amide bonds. The van der Waals surface area contributed by atoms with E-state index in [4.69, 9.17) is 22.7 Å². The minimum absolute atomic E-state index is 0.290. The Hall–Kier alpha value is -1.94. The maximum atomic E-state index is 5.68. The molecule has 1 aromatic carbocycles. The van der Waals surface area contributed by atoms with Crippen molar-refractivity contribution in [3.05, 3.63) is 59.4 Å². The van der Waals surface area contributed by atoms with E-state index in [1.165, 1.54) is 5.56 Å². The summed E-state index contributed by atoms with van der Waals surface area (Å²) < 4.78 is 5.68. The van der Waals surface area contributed by atoms with Gasteiger partial charge in [-0.05, 0) is 25.1 Å². The molecule has 2 rings (SSSR count). The molecule has 0 unspecified atom stereocenters. The van der Waals surface area contributed by atoms with Crippen molar-refractivity contribution in [1.29, 1.82) is 0 Å². The average Bonchev–Trinajstić information content (AvgIpc) is 2.38. The fourth-order valence-electron chi connectivity index (χ4n) is 1.57. The van der Waals surface area contributed by atoms with Crippen LogP contribution in [0.25, 0.3) is 0 Å². The summed E-state index contributed by atoms with van der Waals surface area (Å²) in [6, 6.07) is 11.6. The molecule has 0 spiro atoms. The number of aromatic nitrogens is 1. The van der Waals surface area contributed by atoms with Crippen LogP contribution in [0.2, 0.25) is 0 Å². The molecule has 0 bridgehead atoms. The topological polar surface area (TPSA) is 48.1 Å². The van der Waals surface area contributed by atoms with Crippen molar-refractivity contribution in [2.75, 3.05) is 0 Å². The highest BCUT2D eigenvalue weighted by atomic mass is 32.1. The van der Waals surface area contributed by atoms with Gasteiger partial charge in [-0.25, -0.2) is 0 Å². The van der Waals surface area contributed by atoms with Gasteiger partial charge in [-0.3, -0.25) is 4.98 Å². The van der Waals surface area contributed by atoms with Crippen LogP contribution in [-0.4, -0.2) is 9.97 Å². The first-order valence-corrected chi connectivity index (χ1v) is 6.01. The molecule has 2 N–H and O–H groups in total. The number of thiocarbonyl (C=S) groups is 1. The van der Waals surface area contributed by atoms with E-state index in [1.54, 1.807) is 6.20 Å². The molecule has 0 aliphatic rings. The molecule has 2 aromatic rings. The molecular formula is C14H14N2OS. The minimum Gasteiger partial charge on any atom is -0.489 e. The van der Waals surface area contributed by atoms with Crippen LogP contribution in [0, 0.1) is 6.92 Å². The van der Waals surface area contributed by atoms with Gasteiger partial charge in [-0.2, -0.15) is 0 Å². The lowest BCUT2D eigenvalue weighted by Crippen LogP contribution is -2.15. The van der Waals surface area contributed by atoms with Gasteiger partial charge in [0, 0.05) is 11.8 Å². The van der Waals surface area contributed by atoms with Gasteiger partial charge < -0.3 is 10.5 Å². The molecule has 0 aliphatic heterocycles. The Bertz CT molecular complexity index is 552. The highest BCUT2D eigenvalue weighted by Crippen LogP contribution is 2.14. The SMILES string of the molecule is Cc1ccc(OCc2cccnc2C(N)=S)cc1. The molecule has 0 saturated heterocycles. The van der Waals surface area contributed by atoms with Gasteiger partial charge >= 0.3 is 0 Å². The Morgan fingerprint density at radius 1 is 1.28 bits per heavy atom.